The van der Waals surface area contributed by atoms with E-state index in [9.17, 15) is 0 Å². The quantitative estimate of drug-likeness (QED) is 0.726. The fourth-order valence-electron chi connectivity index (χ4n) is 3.27. The smallest absolute Gasteiger partial charge is 0.0442 e. The maximum absolute atomic E-state index is 2.60. The molecule has 0 saturated heterocycles. The third kappa shape index (κ3) is 1.94. The van der Waals surface area contributed by atoms with Crippen LogP contribution in [0.15, 0.2) is 6.07 Å². The first-order valence-corrected chi connectivity index (χ1v) is 7.25. The van der Waals surface area contributed by atoms with Crippen LogP contribution in [0, 0.1) is 13.8 Å². The van der Waals surface area contributed by atoms with Crippen LogP contribution in [0.4, 0.5) is 5.69 Å². The summed E-state index contributed by atoms with van der Waals surface area (Å²) in [5, 5.41) is 0. The molecule has 0 spiro atoms. The lowest BCUT2D eigenvalue weighted by Gasteiger charge is -2.28. The number of benzene rings is 1. The van der Waals surface area contributed by atoms with Gasteiger partial charge in [-0.2, -0.15) is 0 Å². The van der Waals surface area contributed by atoms with Crippen LogP contribution in [0.1, 0.15) is 68.7 Å². The molecule has 1 nitrogen and oxygen atoms in total. The summed E-state index contributed by atoms with van der Waals surface area (Å²) in [4.78, 5) is 2.60. The fraction of sp³-hybridized carbons (Fsp3) is 0.647. The molecule has 100 valence electrons. The Bertz CT molecular complexity index is 457. The third-order valence-corrected chi connectivity index (χ3v) is 4.39. The van der Waals surface area contributed by atoms with Gasteiger partial charge in [0.05, 0.1) is 0 Å². The number of anilines is 1. The Morgan fingerprint density at radius 3 is 2.28 bits per heavy atom. The molecule has 1 heterocycles. The molecule has 1 aliphatic rings. The fourth-order valence-corrected chi connectivity index (χ4v) is 3.27. The molecule has 1 atom stereocenters. The van der Waals surface area contributed by atoms with E-state index in [1.54, 1.807) is 5.56 Å². The second-order valence-corrected chi connectivity index (χ2v) is 6.47. The predicted octanol–water partition coefficient (Wildman–Crippen LogP) is 4.76. The summed E-state index contributed by atoms with van der Waals surface area (Å²) in [5.74, 6) is 1.27. The van der Waals surface area contributed by atoms with E-state index >= 15 is 0 Å². The molecule has 0 aliphatic carbocycles. The van der Waals surface area contributed by atoms with Crippen LogP contribution in [0.2, 0.25) is 0 Å². The van der Waals surface area contributed by atoms with Crippen molar-refractivity contribution in [3.63, 3.8) is 0 Å². The van der Waals surface area contributed by atoms with Gasteiger partial charge in [0.1, 0.15) is 0 Å². The second kappa shape index (κ2) is 4.60. The summed E-state index contributed by atoms with van der Waals surface area (Å²) in [5.41, 5.74) is 7.63. The summed E-state index contributed by atoms with van der Waals surface area (Å²) in [6.45, 7) is 17.3. The SMILES string of the molecule is Cc1cc(C(C)C)c2c(c1C)[C@H](C)CN2C(C)C. The third-order valence-electron chi connectivity index (χ3n) is 4.39. The van der Waals surface area contributed by atoms with Crippen LogP contribution in [0.3, 0.4) is 0 Å². The Balaban J connectivity index is 2.70. The first-order chi connectivity index (χ1) is 8.34. The molecule has 0 saturated carbocycles. The molecule has 0 fully saturated rings. The maximum atomic E-state index is 2.60. The molecular formula is C17H27N. The van der Waals surface area contributed by atoms with Gasteiger partial charge in [-0.3, -0.25) is 0 Å². The van der Waals surface area contributed by atoms with Crippen molar-refractivity contribution in [2.24, 2.45) is 0 Å². The highest BCUT2D eigenvalue weighted by Gasteiger charge is 2.32. The minimum absolute atomic E-state index is 0.591. The molecule has 18 heavy (non-hydrogen) atoms. The molecule has 1 aliphatic heterocycles. The van der Waals surface area contributed by atoms with Gasteiger partial charge in [0.15, 0.2) is 0 Å². The van der Waals surface area contributed by atoms with Gasteiger partial charge in [-0.1, -0.05) is 26.8 Å². The van der Waals surface area contributed by atoms with Gasteiger partial charge in [0.25, 0.3) is 0 Å². The zero-order chi connectivity index (χ0) is 13.6. The number of fused-ring (bicyclic) bond motifs is 1. The molecule has 0 radical (unpaired) electrons. The van der Waals surface area contributed by atoms with Crippen LogP contribution >= 0.6 is 0 Å². The zero-order valence-electron chi connectivity index (χ0n) is 13.0. The standard InChI is InChI=1S/C17H27N/c1-10(2)15-8-12(5)14(7)16-13(6)9-18(11(3)4)17(15)16/h8,10-11,13H,9H2,1-7H3/t13-/m1/s1. The first-order valence-electron chi connectivity index (χ1n) is 7.25. The van der Waals surface area contributed by atoms with E-state index < -0.39 is 0 Å². The Hall–Kier alpha value is -0.980. The van der Waals surface area contributed by atoms with Gasteiger partial charge in [-0.15, -0.1) is 0 Å². The van der Waals surface area contributed by atoms with E-state index in [1.807, 2.05) is 0 Å². The van der Waals surface area contributed by atoms with E-state index in [1.165, 1.54) is 28.9 Å². The van der Waals surface area contributed by atoms with Gasteiger partial charge in [0.2, 0.25) is 0 Å². The highest BCUT2D eigenvalue weighted by Crippen LogP contribution is 2.45. The lowest BCUT2D eigenvalue weighted by Crippen LogP contribution is -2.29. The Morgan fingerprint density at radius 2 is 1.78 bits per heavy atom. The summed E-state index contributed by atoms with van der Waals surface area (Å²) in [6, 6.07) is 3.00. The minimum atomic E-state index is 0.591. The Morgan fingerprint density at radius 1 is 1.17 bits per heavy atom. The monoisotopic (exact) mass is 245 g/mol. The number of aryl methyl sites for hydroxylation is 1. The van der Waals surface area contributed by atoms with Crippen molar-refractivity contribution in [1.29, 1.82) is 0 Å². The summed E-state index contributed by atoms with van der Waals surface area (Å²) >= 11 is 0. The van der Waals surface area contributed by atoms with E-state index in [2.05, 4.69) is 59.4 Å². The molecule has 1 heteroatoms. The van der Waals surface area contributed by atoms with Crippen molar-refractivity contribution < 1.29 is 0 Å². The van der Waals surface area contributed by atoms with Crippen molar-refractivity contribution in [2.45, 2.75) is 66.3 Å². The van der Waals surface area contributed by atoms with Crippen molar-refractivity contribution in [1.82, 2.24) is 0 Å². The van der Waals surface area contributed by atoms with Gasteiger partial charge >= 0.3 is 0 Å². The number of hydrogen-bond acceptors (Lipinski definition) is 1. The number of rotatable bonds is 2. The van der Waals surface area contributed by atoms with Crippen LogP contribution in [0.5, 0.6) is 0 Å². The lowest BCUT2D eigenvalue weighted by atomic mass is 9.88. The van der Waals surface area contributed by atoms with Crippen molar-refractivity contribution >= 4 is 5.69 Å². The molecule has 0 N–H and O–H groups in total. The molecule has 0 amide bonds. The average molecular weight is 245 g/mol. The Labute approximate surface area is 112 Å². The van der Waals surface area contributed by atoms with Crippen LogP contribution in [-0.4, -0.2) is 12.6 Å². The molecular weight excluding hydrogens is 218 g/mol. The average Bonchev–Trinajstić information content (AvgIpc) is 2.61. The molecule has 0 bridgehead atoms. The molecule has 1 aromatic rings. The van der Waals surface area contributed by atoms with E-state index in [-0.39, 0.29) is 0 Å². The van der Waals surface area contributed by atoms with Crippen LogP contribution in [0.25, 0.3) is 0 Å². The molecule has 0 aromatic heterocycles. The van der Waals surface area contributed by atoms with Crippen LogP contribution in [-0.2, 0) is 0 Å². The summed E-state index contributed by atoms with van der Waals surface area (Å²) in [7, 11) is 0. The first kappa shape index (κ1) is 13.5. The van der Waals surface area contributed by atoms with Crippen LogP contribution < -0.4 is 4.90 Å². The molecule has 0 unspecified atom stereocenters. The van der Waals surface area contributed by atoms with E-state index in [4.69, 9.17) is 0 Å². The summed E-state index contributed by atoms with van der Waals surface area (Å²) < 4.78 is 0. The predicted molar refractivity (Wildman–Crippen MR) is 80.9 cm³/mol. The largest absolute Gasteiger partial charge is 0.368 e. The minimum Gasteiger partial charge on any atom is -0.368 e. The van der Waals surface area contributed by atoms with Gasteiger partial charge in [-0.05, 0) is 55.9 Å². The Kier molecular flexibility index (Phi) is 3.44. The van der Waals surface area contributed by atoms with Crippen molar-refractivity contribution in [3.8, 4) is 0 Å². The van der Waals surface area contributed by atoms with Gasteiger partial charge < -0.3 is 4.90 Å². The highest BCUT2D eigenvalue weighted by atomic mass is 15.2. The maximum Gasteiger partial charge on any atom is 0.0442 e. The van der Waals surface area contributed by atoms with Crippen molar-refractivity contribution in [3.05, 3.63) is 28.3 Å². The summed E-state index contributed by atoms with van der Waals surface area (Å²) in [6.07, 6.45) is 0. The van der Waals surface area contributed by atoms with E-state index in [0.717, 1.165) is 0 Å². The zero-order valence-corrected chi connectivity index (χ0v) is 13.0. The van der Waals surface area contributed by atoms with Gasteiger partial charge in [-0.25, -0.2) is 0 Å². The number of hydrogen-bond donors (Lipinski definition) is 0. The molecule has 1 aromatic carbocycles. The van der Waals surface area contributed by atoms with E-state index in [0.29, 0.717) is 17.9 Å². The lowest BCUT2D eigenvalue weighted by molar-refractivity contribution is 0.666. The normalized spacial score (nSPS) is 18.9. The second-order valence-electron chi connectivity index (χ2n) is 6.47. The van der Waals surface area contributed by atoms with Gasteiger partial charge in [0, 0.05) is 24.2 Å². The topological polar surface area (TPSA) is 3.24 Å². The molecule has 2 rings (SSSR count). The number of nitrogens with zero attached hydrogens (tertiary/aromatic N) is 1. The highest BCUT2D eigenvalue weighted by molar-refractivity contribution is 5.70. The van der Waals surface area contributed by atoms with Crippen molar-refractivity contribution in [2.75, 3.05) is 11.4 Å².